The number of likely N-dealkylation sites (tertiary alicyclic amines) is 1. The summed E-state index contributed by atoms with van der Waals surface area (Å²) in [6.45, 7) is 5.02. The molecule has 1 unspecified atom stereocenters. The standard InChI is InChI=1S/C18H24N2O3S/c1-13-5-6-14(24-2)12-15(13)17(21)20-7-3-4-16(20)18(22)19-8-10-23-11-9-19/h5-6,12,16H,3-4,7-11H2,1-2H3. The molecule has 2 aliphatic heterocycles. The highest BCUT2D eigenvalue weighted by Crippen LogP contribution is 2.26. The monoisotopic (exact) mass is 348 g/mol. The molecular weight excluding hydrogens is 324 g/mol. The van der Waals surface area contributed by atoms with Gasteiger partial charge in [-0.2, -0.15) is 0 Å². The Kier molecular flexibility index (Phi) is 5.46. The number of benzene rings is 1. The summed E-state index contributed by atoms with van der Waals surface area (Å²) < 4.78 is 5.32. The van der Waals surface area contributed by atoms with Crippen LogP contribution in [0.15, 0.2) is 23.1 Å². The molecule has 24 heavy (non-hydrogen) atoms. The highest BCUT2D eigenvalue weighted by atomic mass is 32.2. The Morgan fingerprint density at radius 3 is 2.67 bits per heavy atom. The van der Waals surface area contributed by atoms with E-state index in [1.54, 1.807) is 16.7 Å². The number of nitrogens with zero attached hydrogens (tertiary/aromatic N) is 2. The minimum Gasteiger partial charge on any atom is -0.378 e. The molecule has 130 valence electrons. The Bertz CT molecular complexity index is 629. The number of aryl methyl sites for hydroxylation is 1. The van der Waals surface area contributed by atoms with Gasteiger partial charge in [-0.25, -0.2) is 0 Å². The molecule has 1 atom stereocenters. The van der Waals surface area contributed by atoms with Crippen molar-refractivity contribution in [3.05, 3.63) is 29.3 Å². The number of ether oxygens (including phenoxy) is 1. The van der Waals surface area contributed by atoms with Gasteiger partial charge in [0.15, 0.2) is 0 Å². The molecular formula is C18H24N2O3S. The average molecular weight is 348 g/mol. The fourth-order valence-electron chi connectivity index (χ4n) is 3.37. The van der Waals surface area contributed by atoms with Crippen LogP contribution in [-0.2, 0) is 9.53 Å². The van der Waals surface area contributed by atoms with E-state index in [1.807, 2.05) is 36.3 Å². The van der Waals surface area contributed by atoms with Crippen LogP contribution in [-0.4, -0.2) is 66.8 Å². The molecule has 5 nitrogen and oxygen atoms in total. The van der Waals surface area contributed by atoms with Crippen LogP contribution in [0.25, 0.3) is 0 Å². The molecule has 0 N–H and O–H groups in total. The predicted octanol–water partition coefficient (Wildman–Crippen LogP) is 2.18. The van der Waals surface area contributed by atoms with E-state index < -0.39 is 0 Å². The number of hydrogen-bond donors (Lipinski definition) is 0. The van der Waals surface area contributed by atoms with Gasteiger partial charge in [0.2, 0.25) is 5.91 Å². The molecule has 2 heterocycles. The zero-order valence-electron chi connectivity index (χ0n) is 14.3. The van der Waals surface area contributed by atoms with Crippen molar-refractivity contribution in [3.8, 4) is 0 Å². The van der Waals surface area contributed by atoms with Crippen molar-refractivity contribution in [1.82, 2.24) is 9.80 Å². The van der Waals surface area contributed by atoms with Crippen LogP contribution in [0, 0.1) is 6.92 Å². The molecule has 3 rings (SSSR count). The summed E-state index contributed by atoms with van der Waals surface area (Å²) in [5.74, 6) is 0.0512. The van der Waals surface area contributed by atoms with Crippen molar-refractivity contribution in [1.29, 1.82) is 0 Å². The van der Waals surface area contributed by atoms with Crippen LogP contribution in [0.4, 0.5) is 0 Å². The van der Waals surface area contributed by atoms with Crippen molar-refractivity contribution in [3.63, 3.8) is 0 Å². The molecule has 0 spiro atoms. The maximum absolute atomic E-state index is 13.1. The third-order valence-electron chi connectivity index (χ3n) is 4.80. The second-order valence-corrected chi connectivity index (χ2v) is 7.15. The third-order valence-corrected chi connectivity index (χ3v) is 5.52. The molecule has 2 saturated heterocycles. The summed E-state index contributed by atoms with van der Waals surface area (Å²) in [5, 5.41) is 0. The molecule has 0 bridgehead atoms. The second-order valence-electron chi connectivity index (χ2n) is 6.28. The van der Waals surface area contributed by atoms with Gasteiger partial charge in [0, 0.05) is 30.1 Å². The molecule has 0 aliphatic carbocycles. The van der Waals surface area contributed by atoms with Gasteiger partial charge in [0.1, 0.15) is 6.04 Å². The van der Waals surface area contributed by atoms with Gasteiger partial charge in [-0.05, 0) is 43.7 Å². The first-order valence-corrected chi connectivity index (χ1v) is 9.66. The minimum absolute atomic E-state index is 0.0208. The van der Waals surface area contributed by atoms with Gasteiger partial charge in [-0.15, -0.1) is 11.8 Å². The van der Waals surface area contributed by atoms with Gasteiger partial charge in [-0.1, -0.05) is 6.07 Å². The normalized spacial score (nSPS) is 21.2. The quantitative estimate of drug-likeness (QED) is 0.786. The van der Waals surface area contributed by atoms with Crippen molar-refractivity contribution < 1.29 is 14.3 Å². The number of morpholine rings is 1. The second kappa shape index (κ2) is 7.57. The van der Waals surface area contributed by atoms with Crippen LogP contribution in [0.5, 0.6) is 0 Å². The lowest BCUT2D eigenvalue weighted by molar-refractivity contribution is -0.139. The first kappa shape index (κ1) is 17.3. The fraction of sp³-hybridized carbons (Fsp3) is 0.556. The van der Waals surface area contributed by atoms with Crippen LogP contribution >= 0.6 is 11.8 Å². The molecule has 2 fully saturated rings. The number of rotatable bonds is 3. The Hall–Kier alpha value is -1.53. The number of carbonyl (C=O) groups is 2. The summed E-state index contributed by atoms with van der Waals surface area (Å²) in [7, 11) is 0. The first-order chi connectivity index (χ1) is 11.6. The number of carbonyl (C=O) groups excluding carboxylic acids is 2. The van der Waals surface area contributed by atoms with Crippen molar-refractivity contribution in [2.45, 2.75) is 30.7 Å². The molecule has 1 aromatic rings. The Morgan fingerprint density at radius 1 is 1.21 bits per heavy atom. The average Bonchev–Trinajstić information content (AvgIpc) is 3.11. The predicted molar refractivity (Wildman–Crippen MR) is 94.4 cm³/mol. The zero-order valence-corrected chi connectivity index (χ0v) is 15.1. The van der Waals surface area contributed by atoms with Gasteiger partial charge in [0.25, 0.3) is 5.91 Å². The lowest BCUT2D eigenvalue weighted by Crippen LogP contribution is -2.51. The number of amides is 2. The summed E-state index contributed by atoms with van der Waals surface area (Å²) in [5.41, 5.74) is 1.67. The van der Waals surface area contributed by atoms with Crippen molar-refractivity contribution >= 4 is 23.6 Å². The van der Waals surface area contributed by atoms with E-state index in [1.165, 1.54) is 0 Å². The summed E-state index contributed by atoms with van der Waals surface area (Å²) >= 11 is 1.62. The zero-order chi connectivity index (χ0) is 17.1. The van der Waals surface area contributed by atoms with Crippen molar-refractivity contribution in [2.75, 3.05) is 39.1 Å². The van der Waals surface area contributed by atoms with E-state index in [0.29, 0.717) is 38.4 Å². The summed E-state index contributed by atoms with van der Waals surface area (Å²) in [6.07, 6.45) is 3.64. The molecule has 2 aliphatic rings. The van der Waals surface area contributed by atoms with Crippen LogP contribution < -0.4 is 0 Å². The van der Waals surface area contributed by atoms with Gasteiger partial charge in [0.05, 0.1) is 13.2 Å². The van der Waals surface area contributed by atoms with E-state index in [4.69, 9.17) is 4.74 Å². The lowest BCUT2D eigenvalue weighted by atomic mass is 10.1. The molecule has 0 saturated carbocycles. The molecule has 0 aromatic heterocycles. The van der Waals surface area contributed by atoms with Gasteiger partial charge >= 0.3 is 0 Å². The van der Waals surface area contributed by atoms with Crippen LogP contribution in [0.1, 0.15) is 28.8 Å². The Morgan fingerprint density at radius 2 is 1.96 bits per heavy atom. The summed E-state index contributed by atoms with van der Waals surface area (Å²) in [4.78, 5) is 30.6. The van der Waals surface area contributed by atoms with Crippen LogP contribution in [0.2, 0.25) is 0 Å². The van der Waals surface area contributed by atoms with Gasteiger partial charge < -0.3 is 14.5 Å². The Balaban J connectivity index is 1.79. The van der Waals surface area contributed by atoms with Crippen LogP contribution in [0.3, 0.4) is 0 Å². The summed E-state index contributed by atoms with van der Waals surface area (Å²) in [6, 6.07) is 5.62. The van der Waals surface area contributed by atoms with E-state index in [2.05, 4.69) is 0 Å². The maximum atomic E-state index is 13.1. The lowest BCUT2D eigenvalue weighted by Gasteiger charge is -2.32. The third kappa shape index (κ3) is 3.44. The molecule has 6 heteroatoms. The minimum atomic E-state index is -0.326. The van der Waals surface area contributed by atoms with E-state index in [0.717, 1.165) is 23.3 Å². The smallest absolute Gasteiger partial charge is 0.254 e. The maximum Gasteiger partial charge on any atom is 0.254 e. The van der Waals surface area contributed by atoms with E-state index in [-0.39, 0.29) is 17.9 Å². The topological polar surface area (TPSA) is 49.9 Å². The number of thioether (sulfide) groups is 1. The Labute approximate surface area is 147 Å². The van der Waals surface area contributed by atoms with E-state index in [9.17, 15) is 9.59 Å². The van der Waals surface area contributed by atoms with Crippen molar-refractivity contribution in [2.24, 2.45) is 0 Å². The van der Waals surface area contributed by atoms with Gasteiger partial charge in [-0.3, -0.25) is 9.59 Å². The SMILES string of the molecule is CSc1ccc(C)c(C(=O)N2CCCC2C(=O)N2CCOCC2)c1. The molecule has 2 amide bonds. The highest BCUT2D eigenvalue weighted by molar-refractivity contribution is 7.98. The number of hydrogen-bond acceptors (Lipinski definition) is 4. The highest BCUT2D eigenvalue weighted by Gasteiger charge is 2.37. The fourth-order valence-corrected chi connectivity index (χ4v) is 3.81. The first-order valence-electron chi connectivity index (χ1n) is 8.44. The largest absolute Gasteiger partial charge is 0.378 e. The molecule has 1 aromatic carbocycles. The van der Waals surface area contributed by atoms with E-state index >= 15 is 0 Å². The molecule has 0 radical (unpaired) electrons.